The van der Waals surface area contributed by atoms with Crippen LogP contribution in [-0.2, 0) is 28.9 Å². The summed E-state index contributed by atoms with van der Waals surface area (Å²) in [5.41, 5.74) is 5.78. The van der Waals surface area contributed by atoms with Crippen molar-refractivity contribution in [2.75, 3.05) is 17.5 Å². The molecule has 0 aliphatic heterocycles. The lowest BCUT2D eigenvalue weighted by molar-refractivity contribution is -0.117. The average Bonchev–Trinajstić information content (AvgIpc) is 3.22. The topological polar surface area (TPSA) is 41.9 Å². The highest BCUT2D eigenvalue weighted by Crippen LogP contribution is 2.31. The van der Waals surface area contributed by atoms with Crippen molar-refractivity contribution in [3.05, 3.63) is 28.8 Å². The quantitative estimate of drug-likeness (QED) is 0.294. The maximum Gasteiger partial charge on any atom is 0.244 e. The van der Waals surface area contributed by atoms with Crippen molar-refractivity contribution in [2.45, 2.75) is 78.6 Å². The fourth-order valence-corrected chi connectivity index (χ4v) is 3.87. The van der Waals surface area contributed by atoms with Gasteiger partial charge in [-0.15, -0.1) is 11.6 Å². The van der Waals surface area contributed by atoms with E-state index in [-0.39, 0.29) is 18.5 Å². The number of aryl methyl sites for hydroxylation is 2. The number of oxime groups is 1. The van der Waals surface area contributed by atoms with Gasteiger partial charge in [-0.2, -0.15) is 0 Å². The molecule has 0 N–H and O–H groups in total. The Morgan fingerprint density at radius 3 is 2.44 bits per heavy atom. The normalized spacial score (nSPS) is 13.7. The Hall–Kier alpha value is -1.55. The Morgan fingerprint density at radius 2 is 1.85 bits per heavy atom. The molecule has 150 valence electrons. The second kappa shape index (κ2) is 11.3. The summed E-state index contributed by atoms with van der Waals surface area (Å²) >= 11 is 5.93. The molecule has 2 rings (SSSR count). The number of halogens is 1. The van der Waals surface area contributed by atoms with E-state index in [0.717, 1.165) is 61.9 Å². The number of carbonyl (C=O) groups excluding carboxylic acids is 1. The molecular formula is C22H33ClN2O2. The maximum atomic E-state index is 12.7. The number of rotatable bonds is 10. The predicted molar refractivity (Wildman–Crippen MR) is 114 cm³/mol. The number of nitrogens with zero attached hydrogens (tertiary/aromatic N) is 2. The number of hydrogen-bond donors (Lipinski definition) is 0. The summed E-state index contributed by atoms with van der Waals surface area (Å²) in [4.78, 5) is 20.0. The van der Waals surface area contributed by atoms with Crippen LogP contribution in [0, 0.1) is 0 Å². The molecule has 1 amide bonds. The van der Waals surface area contributed by atoms with Crippen molar-refractivity contribution in [3.63, 3.8) is 0 Å². The highest BCUT2D eigenvalue weighted by atomic mass is 35.5. The van der Waals surface area contributed by atoms with Gasteiger partial charge in [-0.1, -0.05) is 44.5 Å². The van der Waals surface area contributed by atoms with Crippen LogP contribution in [0.3, 0.4) is 0 Å². The molecule has 1 aromatic carbocycles. The number of hydrogen-bond acceptors (Lipinski definition) is 3. The van der Waals surface area contributed by atoms with E-state index in [9.17, 15) is 4.79 Å². The van der Waals surface area contributed by atoms with Crippen molar-refractivity contribution in [1.82, 2.24) is 0 Å². The van der Waals surface area contributed by atoms with Crippen LogP contribution in [0.4, 0.5) is 5.69 Å². The van der Waals surface area contributed by atoms with Gasteiger partial charge in [0.2, 0.25) is 5.91 Å². The molecule has 0 spiro atoms. The first-order valence-electron chi connectivity index (χ1n) is 10.3. The summed E-state index contributed by atoms with van der Waals surface area (Å²) in [5, 5.41) is 4.27. The van der Waals surface area contributed by atoms with Gasteiger partial charge in [0.25, 0.3) is 0 Å². The van der Waals surface area contributed by atoms with Gasteiger partial charge < -0.3 is 4.84 Å². The molecule has 27 heavy (non-hydrogen) atoms. The Labute approximate surface area is 168 Å². The lowest BCUT2D eigenvalue weighted by Gasteiger charge is -2.27. The standard InChI is InChI=1S/C22H33ClN2O2/c1-4-7-10-18-14-13-17(5-2)22(20(18)6-3)25(21(26)15-23)16-27-24-19-11-8-9-12-19/h13-14H,4-12,15-16H2,1-3H3. The summed E-state index contributed by atoms with van der Waals surface area (Å²) in [6, 6.07) is 4.37. The molecule has 4 nitrogen and oxygen atoms in total. The highest BCUT2D eigenvalue weighted by Gasteiger charge is 2.23. The molecule has 0 aromatic heterocycles. The Morgan fingerprint density at radius 1 is 1.15 bits per heavy atom. The zero-order valence-corrected chi connectivity index (χ0v) is 17.8. The summed E-state index contributed by atoms with van der Waals surface area (Å²) in [7, 11) is 0. The van der Waals surface area contributed by atoms with Crippen molar-refractivity contribution < 1.29 is 9.63 Å². The Kier molecular flexibility index (Phi) is 9.12. The van der Waals surface area contributed by atoms with Crippen LogP contribution >= 0.6 is 11.6 Å². The zero-order chi connectivity index (χ0) is 19.6. The molecule has 0 unspecified atom stereocenters. The third kappa shape index (κ3) is 5.71. The van der Waals surface area contributed by atoms with Crippen molar-refractivity contribution in [2.24, 2.45) is 5.16 Å². The molecule has 0 bridgehead atoms. The molecular weight excluding hydrogens is 360 g/mol. The van der Waals surface area contributed by atoms with E-state index >= 15 is 0 Å². The van der Waals surface area contributed by atoms with Gasteiger partial charge in [0.05, 0.1) is 11.4 Å². The minimum Gasteiger partial charge on any atom is -0.373 e. The van der Waals surface area contributed by atoms with Crippen molar-refractivity contribution in [3.8, 4) is 0 Å². The van der Waals surface area contributed by atoms with E-state index < -0.39 is 0 Å². The van der Waals surface area contributed by atoms with E-state index in [0.29, 0.717) is 0 Å². The smallest absolute Gasteiger partial charge is 0.244 e. The minimum absolute atomic E-state index is 0.0641. The third-order valence-corrected chi connectivity index (χ3v) is 5.47. The van der Waals surface area contributed by atoms with E-state index in [4.69, 9.17) is 16.4 Å². The van der Waals surface area contributed by atoms with Crippen LogP contribution in [0.2, 0.25) is 0 Å². The van der Waals surface area contributed by atoms with Gasteiger partial charge in [-0.05, 0) is 68.1 Å². The number of amides is 1. The Bertz CT molecular complexity index is 650. The number of anilines is 1. The van der Waals surface area contributed by atoms with Crippen LogP contribution in [0.15, 0.2) is 17.3 Å². The van der Waals surface area contributed by atoms with Gasteiger partial charge >= 0.3 is 0 Å². The van der Waals surface area contributed by atoms with E-state index in [1.165, 1.54) is 24.0 Å². The molecule has 5 heteroatoms. The summed E-state index contributed by atoms with van der Waals surface area (Å²) in [6.45, 7) is 6.59. The molecule has 1 saturated carbocycles. The van der Waals surface area contributed by atoms with Gasteiger partial charge in [0.1, 0.15) is 5.88 Å². The highest BCUT2D eigenvalue weighted by molar-refractivity contribution is 6.29. The van der Waals surface area contributed by atoms with Gasteiger partial charge in [0.15, 0.2) is 6.73 Å². The van der Waals surface area contributed by atoms with E-state index in [2.05, 4.69) is 38.1 Å². The van der Waals surface area contributed by atoms with Crippen LogP contribution in [0.1, 0.15) is 76.0 Å². The van der Waals surface area contributed by atoms with Crippen molar-refractivity contribution in [1.29, 1.82) is 0 Å². The average molecular weight is 393 g/mol. The largest absolute Gasteiger partial charge is 0.373 e. The number of benzene rings is 1. The second-order valence-electron chi connectivity index (χ2n) is 7.10. The van der Waals surface area contributed by atoms with E-state index in [1.54, 1.807) is 4.90 Å². The molecule has 1 aromatic rings. The first-order chi connectivity index (χ1) is 13.2. The molecule has 0 radical (unpaired) electrons. The van der Waals surface area contributed by atoms with Crippen LogP contribution in [0.25, 0.3) is 0 Å². The summed E-state index contributed by atoms with van der Waals surface area (Å²) in [6.07, 6.45) is 9.40. The molecule has 1 aliphatic carbocycles. The molecule has 1 aliphatic rings. The first kappa shape index (κ1) is 21.7. The van der Waals surface area contributed by atoms with Gasteiger partial charge in [0, 0.05) is 0 Å². The lowest BCUT2D eigenvalue weighted by atomic mass is 9.93. The SMILES string of the molecule is CCCCc1ccc(CC)c(N(CON=C2CCCC2)C(=O)CCl)c1CC. The molecule has 0 saturated heterocycles. The zero-order valence-electron chi connectivity index (χ0n) is 17.0. The number of carbonyl (C=O) groups is 1. The van der Waals surface area contributed by atoms with Crippen LogP contribution < -0.4 is 4.90 Å². The van der Waals surface area contributed by atoms with Crippen LogP contribution in [-0.4, -0.2) is 24.2 Å². The summed E-state index contributed by atoms with van der Waals surface area (Å²) in [5.74, 6) is -0.203. The van der Waals surface area contributed by atoms with Gasteiger partial charge in [-0.25, -0.2) is 0 Å². The predicted octanol–water partition coefficient (Wildman–Crippen LogP) is 5.63. The molecule has 0 heterocycles. The Balaban J connectivity index is 2.36. The maximum absolute atomic E-state index is 12.7. The number of alkyl halides is 1. The monoisotopic (exact) mass is 392 g/mol. The van der Waals surface area contributed by atoms with Gasteiger partial charge in [-0.3, -0.25) is 9.69 Å². The molecule has 1 fully saturated rings. The fraction of sp³-hybridized carbons (Fsp3) is 0.636. The first-order valence-corrected chi connectivity index (χ1v) is 10.9. The number of unbranched alkanes of at least 4 members (excludes halogenated alkanes) is 1. The van der Waals surface area contributed by atoms with E-state index in [1.807, 2.05) is 0 Å². The fourth-order valence-electron chi connectivity index (χ4n) is 3.73. The third-order valence-electron chi connectivity index (χ3n) is 5.24. The lowest BCUT2D eigenvalue weighted by Crippen LogP contribution is -2.35. The molecule has 0 atom stereocenters. The summed E-state index contributed by atoms with van der Waals surface area (Å²) < 4.78 is 0. The minimum atomic E-state index is -0.139. The van der Waals surface area contributed by atoms with Crippen LogP contribution in [0.5, 0.6) is 0 Å². The second-order valence-corrected chi connectivity index (χ2v) is 7.37. The van der Waals surface area contributed by atoms with Crippen molar-refractivity contribution >= 4 is 28.9 Å².